The van der Waals surface area contributed by atoms with Crippen molar-refractivity contribution in [3.05, 3.63) is 12.7 Å². The van der Waals surface area contributed by atoms with Crippen molar-refractivity contribution in [3.8, 4) is 0 Å². The Morgan fingerprint density at radius 1 is 1.64 bits per heavy atom. The number of carbonyl (C=O) groups is 1. The van der Waals surface area contributed by atoms with E-state index in [1.807, 2.05) is 0 Å². The van der Waals surface area contributed by atoms with E-state index in [2.05, 4.69) is 6.58 Å². The molecular formula is C7H14CaO3. The molecule has 0 aliphatic carbocycles. The van der Waals surface area contributed by atoms with E-state index in [9.17, 15) is 4.79 Å². The number of aliphatic hydroxyl groups excluding tert-OH is 1. The van der Waals surface area contributed by atoms with E-state index in [-0.39, 0.29) is 37.7 Å². The minimum absolute atomic E-state index is 0. The number of aliphatic carboxylic acids is 1. The molecule has 0 aliphatic rings. The van der Waals surface area contributed by atoms with E-state index >= 15 is 0 Å². The first-order valence-corrected chi connectivity index (χ1v) is 3.20. The van der Waals surface area contributed by atoms with Crippen LogP contribution in [0.2, 0.25) is 0 Å². The summed E-state index contributed by atoms with van der Waals surface area (Å²) in [5, 5.41) is 16.9. The molecule has 0 radical (unpaired) electrons. The predicted molar refractivity (Wildman–Crippen MR) is 46.2 cm³/mol. The standard InChI is InChI=1S/C7H12O3.Ca.2H/c1-2-3-4-5-6(8)7(9)10;;;/h2,6,8H,1,3-5H2,(H,9,10);;;. The Morgan fingerprint density at radius 2 is 2.18 bits per heavy atom. The minimum atomic E-state index is -1.21. The molecule has 0 aromatic rings. The molecule has 1 unspecified atom stereocenters. The fourth-order valence-corrected chi connectivity index (χ4v) is 0.579. The Hall–Kier alpha value is 0.430. The van der Waals surface area contributed by atoms with Gasteiger partial charge in [0.25, 0.3) is 0 Å². The number of carboxylic acids is 1. The van der Waals surface area contributed by atoms with Gasteiger partial charge in [-0.3, -0.25) is 0 Å². The zero-order chi connectivity index (χ0) is 7.98. The van der Waals surface area contributed by atoms with Crippen LogP contribution in [0.3, 0.4) is 0 Å². The molecule has 0 aromatic heterocycles. The van der Waals surface area contributed by atoms with Crippen molar-refractivity contribution in [1.29, 1.82) is 0 Å². The Kier molecular flexibility index (Phi) is 10.8. The molecule has 2 N–H and O–H groups in total. The van der Waals surface area contributed by atoms with Gasteiger partial charge < -0.3 is 10.2 Å². The van der Waals surface area contributed by atoms with Crippen molar-refractivity contribution < 1.29 is 15.0 Å². The first-order valence-electron chi connectivity index (χ1n) is 3.20. The van der Waals surface area contributed by atoms with Gasteiger partial charge in [0, 0.05) is 0 Å². The second-order valence-electron chi connectivity index (χ2n) is 2.07. The van der Waals surface area contributed by atoms with E-state index < -0.39 is 12.1 Å². The summed E-state index contributed by atoms with van der Waals surface area (Å²) in [4.78, 5) is 10.0. The molecule has 0 aromatic carbocycles. The van der Waals surface area contributed by atoms with Crippen molar-refractivity contribution in [2.75, 3.05) is 0 Å². The molecule has 0 rings (SSSR count). The first kappa shape index (κ1) is 14.0. The number of aliphatic hydroxyl groups is 1. The molecule has 62 valence electrons. The van der Waals surface area contributed by atoms with Crippen LogP contribution in [0, 0.1) is 0 Å². The average Bonchev–Trinajstić information content (AvgIpc) is 1.88. The number of hydrogen-bond acceptors (Lipinski definition) is 2. The van der Waals surface area contributed by atoms with Gasteiger partial charge in [-0.25, -0.2) is 4.79 Å². The predicted octanol–water partition coefficient (Wildman–Crippen LogP) is -0.128. The van der Waals surface area contributed by atoms with Gasteiger partial charge in [-0.05, 0) is 19.3 Å². The molecule has 1 atom stereocenters. The fourth-order valence-electron chi connectivity index (χ4n) is 0.579. The van der Waals surface area contributed by atoms with Crippen LogP contribution in [0.1, 0.15) is 19.3 Å². The third-order valence-corrected chi connectivity index (χ3v) is 1.17. The van der Waals surface area contributed by atoms with Crippen molar-refractivity contribution in [2.45, 2.75) is 25.4 Å². The molecule has 0 amide bonds. The van der Waals surface area contributed by atoms with Gasteiger partial charge in [-0.1, -0.05) is 6.08 Å². The topological polar surface area (TPSA) is 57.5 Å². The van der Waals surface area contributed by atoms with Gasteiger partial charge in [0.15, 0.2) is 6.10 Å². The van der Waals surface area contributed by atoms with Crippen LogP contribution in [0.15, 0.2) is 12.7 Å². The van der Waals surface area contributed by atoms with E-state index in [1.165, 1.54) is 0 Å². The number of allylic oxidation sites excluding steroid dienone is 1. The fraction of sp³-hybridized carbons (Fsp3) is 0.571. The van der Waals surface area contributed by atoms with Crippen molar-refractivity contribution in [3.63, 3.8) is 0 Å². The second kappa shape index (κ2) is 8.53. The molecule has 4 heteroatoms. The molecule has 0 heterocycles. The Bertz CT molecular complexity index is 125. The summed E-state index contributed by atoms with van der Waals surface area (Å²) in [6.45, 7) is 3.47. The van der Waals surface area contributed by atoms with Crippen LogP contribution < -0.4 is 0 Å². The zero-order valence-corrected chi connectivity index (χ0v) is 5.79. The molecular weight excluding hydrogens is 172 g/mol. The van der Waals surface area contributed by atoms with Gasteiger partial charge in [-0.15, -0.1) is 6.58 Å². The number of rotatable bonds is 5. The Morgan fingerprint density at radius 3 is 2.55 bits per heavy atom. The van der Waals surface area contributed by atoms with Gasteiger partial charge in [-0.2, -0.15) is 0 Å². The van der Waals surface area contributed by atoms with E-state index in [0.29, 0.717) is 12.8 Å². The average molecular weight is 186 g/mol. The SMILES string of the molecule is C=CCCCC(O)C(=O)O.[CaH2]. The zero-order valence-electron chi connectivity index (χ0n) is 5.79. The van der Waals surface area contributed by atoms with Gasteiger partial charge in [0.05, 0.1) is 0 Å². The summed E-state index contributed by atoms with van der Waals surface area (Å²) in [5.74, 6) is -1.15. The van der Waals surface area contributed by atoms with Crippen LogP contribution in [0.4, 0.5) is 0 Å². The summed E-state index contributed by atoms with van der Waals surface area (Å²) < 4.78 is 0. The number of carboxylic acid groups (broad SMARTS) is 1. The molecule has 0 fully saturated rings. The Balaban J connectivity index is 0. The van der Waals surface area contributed by atoms with Gasteiger partial charge in [0.2, 0.25) is 0 Å². The van der Waals surface area contributed by atoms with Crippen LogP contribution >= 0.6 is 0 Å². The Labute approximate surface area is 96.1 Å². The summed E-state index contributed by atoms with van der Waals surface area (Å²) in [6.07, 6.45) is 2.23. The molecule has 0 aliphatic heterocycles. The van der Waals surface area contributed by atoms with Crippen LogP contribution in [0.25, 0.3) is 0 Å². The molecule has 0 saturated heterocycles. The number of unbranched alkanes of at least 4 members (excludes halogenated alkanes) is 1. The first-order chi connectivity index (χ1) is 4.68. The van der Waals surface area contributed by atoms with Gasteiger partial charge >= 0.3 is 43.7 Å². The molecule has 0 spiro atoms. The molecule has 11 heavy (non-hydrogen) atoms. The third kappa shape index (κ3) is 8.33. The maximum atomic E-state index is 10.0. The molecule has 3 nitrogen and oxygen atoms in total. The third-order valence-electron chi connectivity index (χ3n) is 1.17. The van der Waals surface area contributed by atoms with Crippen molar-refractivity contribution >= 4 is 43.7 Å². The summed E-state index contributed by atoms with van der Waals surface area (Å²) >= 11 is 0. The van der Waals surface area contributed by atoms with Crippen LogP contribution in [0.5, 0.6) is 0 Å². The van der Waals surface area contributed by atoms with Crippen LogP contribution in [-0.4, -0.2) is 60.0 Å². The van der Waals surface area contributed by atoms with Gasteiger partial charge in [0.1, 0.15) is 0 Å². The summed E-state index contributed by atoms with van der Waals surface area (Å²) in [5.41, 5.74) is 0. The summed E-state index contributed by atoms with van der Waals surface area (Å²) in [6, 6.07) is 0. The van der Waals surface area contributed by atoms with Crippen LogP contribution in [-0.2, 0) is 4.79 Å². The maximum absolute atomic E-state index is 10.0. The second-order valence-corrected chi connectivity index (χ2v) is 2.07. The summed E-state index contributed by atoms with van der Waals surface area (Å²) in [7, 11) is 0. The van der Waals surface area contributed by atoms with E-state index in [1.54, 1.807) is 6.08 Å². The van der Waals surface area contributed by atoms with E-state index in [4.69, 9.17) is 10.2 Å². The van der Waals surface area contributed by atoms with E-state index in [0.717, 1.165) is 6.42 Å². The van der Waals surface area contributed by atoms with Crippen molar-refractivity contribution in [1.82, 2.24) is 0 Å². The normalized spacial score (nSPS) is 11.4. The quantitative estimate of drug-likeness (QED) is 0.357. The molecule has 0 bridgehead atoms. The number of hydrogen-bond donors (Lipinski definition) is 2. The van der Waals surface area contributed by atoms with Crippen molar-refractivity contribution in [2.24, 2.45) is 0 Å². The monoisotopic (exact) mass is 186 g/mol. The molecule has 0 saturated carbocycles.